The number of amides is 1. The van der Waals surface area contributed by atoms with Crippen LogP contribution >= 0.6 is 23.1 Å². The first-order valence-electron chi connectivity index (χ1n) is 7.12. The molecule has 124 valence electrons. The third kappa shape index (κ3) is 5.76. The lowest BCUT2D eigenvalue weighted by molar-refractivity contribution is -0.115. The van der Waals surface area contributed by atoms with Gasteiger partial charge in [-0.2, -0.15) is 11.8 Å². The van der Waals surface area contributed by atoms with E-state index in [-0.39, 0.29) is 5.91 Å². The number of anilines is 1. The minimum absolute atomic E-state index is 0.0257. The lowest BCUT2D eigenvalue weighted by Gasteiger charge is -2.09. The van der Waals surface area contributed by atoms with Crippen molar-refractivity contribution >= 4 is 34.7 Å². The van der Waals surface area contributed by atoms with Crippen LogP contribution in [-0.2, 0) is 10.5 Å². The Morgan fingerprint density at radius 1 is 1.26 bits per heavy atom. The molecular formula is C16H20N2O3S2. The fraction of sp³-hybridized carbons (Fsp3) is 0.375. The van der Waals surface area contributed by atoms with Crippen molar-refractivity contribution in [1.29, 1.82) is 0 Å². The van der Waals surface area contributed by atoms with Gasteiger partial charge in [-0.1, -0.05) is 0 Å². The lowest BCUT2D eigenvalue weighted by Crippen LogP contribution is -2.12. The molecule has 0 radical (unpaired) electrons. The van der Waals surface area contributed by atoms with Crippen molar-refractivity contribution in [3.63, 3.8) is 0 Å². The molecule has 0 aliphatic heterocycles. The maximum Gasteiger partial charge on any atom is 0.225 e. The van der Waals surface area contributed by atoms with E-state index in [1.165, 1.54) is 0 Å². The van der Waals surface area contributed by atoms with Gasteiger partial charge in [-0.25, -0.2) is 4.98 Å². The zero-order chi connectivity index (χ0) is 16.7. The summed E-state index contributed by atoms with van der Waals surface area (Å²) in [5.74, 6) is 2.86. The van der Waals surface area contributed by atoms with Crippen LogP contribution in [0.5, 0.6) is 11.5 Å². The Balaban J connectivity index is 1.78. The Kier molecular flexibility index (Phi) is 6.73. The van der Waals surface area contributed by atoms with E-state index in [4.69, 9.17) is 9.47 Å². The summed E-state index contributed by atoms with van der Waals surface area (Å²) in [6, 6.07) is 5.30. The number of aromatic nitrogens is 1. The summed E-state index contributed by atoms with van der Waals surface area (Å²) in [6.45, 7) is 1.99. The Bertz CT molecular complexity index is 636. The number of thiazole rings is 1. The summed E-state index contributed by atoms with van der Waals surface area (Å²) in [6.07, 6.45) is 0.452. The average molecular weight is 352 g/mol. The molecular weight excluding hydrogens is 332 g/mol. The molecule has 0 saturated heterocycles. The number of carbonyl (C=O) groups excluding carboxylic acids is 1. The Labute approximate surface area is 144 Å². The van der Waals surface area contributed by atoms with Gasteiger partial charge in [0.25, 0.3) is 0 Å². The number of rotatable bonds is 8. The second-order valence-corrected chi connectivity index (χ2v) is 6.98. The van der Waals surface area contributed by atoms with Gasteiger partial charge in [-0.05, 0) is 6.92 Å². The van der Waals surface area contributed by atoms with Crippen molar-refractivity contribution in [3.05, 3.63) is 34.3 Å². The van der Waals surface area contributed by atoms with E-state index in [1.54, 1.807) is 55.5 Å². The molecule has 0 atom stereocenters. The highest BCUT2D eigenvalue weighted by molar-refractivity contribution is 7.98. The van der Waals surface area contributed by atoms with E-state index in [9.17, 15) is 4.79 Å². The number of nitrogens with zero attached hydrogens (tertiary/aromatic N) is 1. The highest BCUT2D eigenvalue weighted by atomic mass is 32.2. The molecule has 5 nitrogen and oxygen atoms in total. The van der Waals surface area contributed by atoms with Crippen LogP contribution in [0, 0.1) is 6.92 Å². The zero-order valence-corrected chi connectivity index (χ0v) is 15.1. The average Bonchev–Trinajstić information content (AvgIpc) is 2.96. The van der Waals surface area contributed by atoms with E-state index in [0.717, 1.165) is 22.2 Å². The fourth-order valence-electron chi connectivity index (χ4n) is 1.92. The molecule has 0 aliphatic rings. The van der Waals surface area contributed by atoms with Gasteiger partial charge in [0.05, 0.1) is 24.9 Å². The van der Waals surface area contributed by atoms with Gasteiger partial charge in [0, 0.05) is 47.2 Å². The van der Waals surface area contributed by atoms with Crippen LogP contribution in [0.15, 0.2) is 23.6 Å². The third-order valence-corrected chi connectivity index (χ3v) is 4.84. The number of hydrogen-bond acceptors (Lipinski definition) is 6. The Morgan fingerprint density at radius 3 is 2.52 bits per heavy atom. The smallest absolute Gasteiger partial charge is 0.225 e. The molecule has 0 fully saturated rings. The quantitative estimate of drug-likeness (QED) is 0.734. The molecule has 0 spiro atoms. The van der Waals surface area contributed by atoms with E-state index in [0.29, 0.717) is 23.6 Å². The van der Waals surface area contributed by atoms with Crippen LogP contribution in [-0.4, -0.2) is 30.9 Å². The molecule has 0 aliphatic carbocycles. The number of ether oxygens (including phenoxy) is 2. The van der Waals surface area contributed by atoms with Gasteiger partial charge >= 0.3 is 0 Å². The van der Waals surface area contributed by atoms with E-state index < -0.39 is 0 Å². The van der Waals surface area contributed by atoms with Crippen LogP contribution in [0.1, 0.15) is 17.1 Å². The molecule has 0 bridgehead atoms. The summed E-state index contributed by atoms with van der Waals surface area (Å²) < 4.78 is 10.4. The SMILES string of the molecule is COc1cc(NC(=O)CCSCc2csc(C)n2)cc(OC)c1. The number of carbonyl (C=O) groups is 1. The van der Waals surface area contributed by atoms with Crippen LogP contribution < -0.4 is 14.8 Å². The summed E-state index contributed by atoms with van der Waals surface area (Å²) in [5.41, 5.74) is 1.75. The van der Waals surface area contributed by atoms with Gasteiger partial charge in [-0.15, -0.1) is 11.3 Å². The molecule has 1 heterocycles. The molecule has 23 heavy (non-hydrogen) atoms. The Morgan fingerprint density at radius 2 is 1.96 bits per heavy atom. The number of hydrogen-bond donors (Lipinski definition) is 1. The second-order valence-electron chi connectivity index (χ2n) is 4.81. The minimum Gasteiger partial charge on any atom is -0.497 e. The fourth-order valence-corrected chi connectivity index (χ4v) is 3.47. The molecule has 1 aromatic heterocycles. The normalized spacial score (nSPS) is 10.4. The lowest BCUT2D eigenvalue weighted by atomic mass is 10.2. The third-order valence-electron chi connectivity index (χ3n) is 3.03. The first kappa shape index (κ1) is 17.6. The van der Waals surface area contributed by atoms with Crippen LogP contribution in [0.4, 0.5) is 5.69 Å². The van der Waals surface area contributed by atoms with Crippen molar-refractivity contribution in [2.24, 2.45) is 0 Å². The zero-order valence-electron chi connectivity index (χ0n) is 13.4. The summed E-state index contributed by atoms with van der Waals surface area (Å²) in [4.78, 5) is 16.4. The minimum atomic E-state index is -0.0257. The van der Waals surface area contributed by atoms with Crippen LogP contribution in [0.3, 0.4) is 0 Å². The number of aryl methyl sites for hydroxylation is 1. The first-order valence-corrected chi connectivity index (χ1v) is 9.16. The van der Waals surface area contributed by atoms with Gasteiger partial charge in [0.1, 0.15) is 11.5 Å². The molecule has 1 aromatic carbocycles. The number of thioether (sulfide) groups is 1. The Hall–Kier alpha value is -1.73. The highest BCUT2D eigenvalue weighted by Gasteiger charge is 2.07. The van der Waals surface area contributed by atoms with E-state index in [1.807, 2.05) is 6.92 Å². The van der Waals surface area contributed by atoms with Crippen molar-refractivity contribution in [3.8, 4) is 11.5 Å². The molecule has 1 amide bonds. The second kappa shape index (κ2) is 8.79. The van der Waals surface area contributed by atoms with Crippen molar-refractivity contribution < 1.29 is 14.3 Å². The highest BCUT2D eigenvalue weighted by Crippen LogP contribution is 2.26. The van der Waals surface area contributed by atoms with Gasteiger partial charge in [0.2, 0.25) is 5.91 Å². The maximum atomic E-state index is 12.0. The topological polar surface area (TPSA) is 60.5 Å². The number of benzene rings is 1. The number of nitrogens with one attached hydrogen (secondary N) is 1. The molecule has 2 aromatic rings. The summed E-state index contributed by atoms with van der Waals surface area (Å²) in [5, 5.41) is 6.00. The van der Waals surface area contributed by atoms with E-state index in [2.05, 4.69) is 15.7 Å². The molecule has 7 heteroatoms. The molecule has 1 N–H and O–H groups in total. The van der Waals surface area contributed by atoms with Crippen molar-refractivity contribution in [2.75, 3.05) is 25.3 Å². The van der Waals surface area contributed by atoms with Crippen LogP contribution in [0.25, 0.3) is 0 Å². The largest absolute Gasteiger partial charge is 0.497 e. The number of methoxy groups -OCH3 is 2. The maximum absolute atomic E-state index is 12.0. The van der Waals surface area contributed by atoms with Gasteiger partial charge < -0.3 is 14.8 Å². The molecule has 2 rings (SSSR count). The monoisotopic (exact) mass is 352 g/mol. The molecule has 0 unspecified atom stereocenters. The van der Waals surface area contributed by atoms with Crippen LogP contribution in [0.2, 0.25) is 0 Å². The predicted octanol–water partition coefficient (Wildman–Crippen LogP) is 3.73. The van der Waals surface area contributed by atoms with E-state index >= 15 is 0 Å². The standard InChI is InChI=1S/C16H20N2O3S2/c1-11-17-13(10-23-11)9-22-5-4-16(19)18-12-6-14(20-2)8-15(7-12)21-3/h6-8,10H,4-5,9H2,1-3H3,(H,18,19). The summed E-state index contributed by atoms with van der Waals surface area (Å²) >= 11 is 3.36. The summed E-state index contributed by atoms with van der Waals surface area (Å²) in [7, 11) is 3.16. The first-order chi connectivity index (χ1) is 11.1. The van der Waals surface area contributed by atoms with Crippen molar-refractivity contribution in [1.82, 2.24) is 4.98 Å². The van der Waals surface area contributed by atoms with Crippen molar-refractivity contribution in [2.45, 2.75) is 19.1 Å². The van der Waals surface area contributed by atoms with Gasteiger partial charge in [0.15, 0.2) is 0 Å². The van der Waals surface area contributed by atoms with Gasteiger partial charge in [-0.3, -0.25) is 4.79 Å². The molecule has 0 saturated carbocycles. The predicted molar refractivity (Wildman–Crippen MR) is 95.8 cm³/mol.